The highest BCUT2D eigenvalue weighted by atomic mass is 19.1. The molecule has 2 aromatic heterocycles. The Labute approximate surface area is 220 Å². The summed E-state index contributed by atoms with van der Waals surface area (Å²) in [5, 5.41) is 3.43. The molecule has 0 aliphatic carbocycles. The number of nitrogens with one attached hydrogen (secondary N) is 1. The van der Waals surface area contributed by atoms with Gasteiger partial charge >= 0.3 is 5.84 Å². The molecule has 0 saturated carbocycles. The second-order valence-corrected chi connectivity index (χ2v) is 9.35. The number of hydrogen-bond donors (Lipinski definition) is 2. The average Bonchev–Trinajstić information content (AvgIpc) is 3.54. The Bertz CT molecular complexity index is 1420. The SMILES string of the molecule is N/C(=C\C=N/CN[C@@H]1CCCN(C(=O)CCc2ccccc2)C1)c1c(-c2ccc(F)cc2)nc2occn12. The Morgan fingerprint density at radius 2 is 2.03 bits per heavy atom. The molecule has 2 aromatic carbocycles. The number of aliphatic imine (C=N–C) groups is 1. The first kappa shape index (κ1) is 25.4. The molecule has 0 spiro atoms. The molecule has 1 saturated heterocycles. The number of amides is 1. The van der Waals surface area contributed by atoms with Crippen molar-refractivity contribution < 1.29 is 13.6 Å². The summed E-state index contributed by atoms with van der Waals surface area (Å²) in [6, 6.07) is 16.4. The first-order chi connectivity index (χ1) is 18.6. The van der Waals surface area contributed by atoms with Gasteiger partial charge in [0.25, 0.3) is 0 Å². The van der Waals surface area contributed by atoms with Gasteiger partial charge in [0, 0.05) is 43.5 Å². The number of oxazole rings is 1. The number of likely N-dealkylation sites (tertiary alicyclic amines) is 1. The number of carbonyl (C=O) groups excluding carboxylic acids is 1. The molecular formula is C29H31FN6O2. The van der Waals surface area contributed by atoms with Crippen LogP contribution in [0.25, 0.3) is 22.8 Å². The first-order valence-electron chi connectivity index (χ1n) is 12.8. The van der Waals surface area contributed by atoms with E-state index in [2.05, 4.69) is 27.4 Å². The molecule has 3 heterocycles. The highest BCUT2D eigenvalue weighted by Gasteiger charge is 2.23. The lowest BCUT2D eigenvalue weighted by molar-refractivity contribution is -0.132. The number of halogens is 1. The molecule has 1 atom stereocenters. The van der Waals surface area contributed by atoms with Gasteiger partial charge in [-0.15, -0.1) is 0 Å². The number of aromatic nitrogens is 2. The van der Waals surface area contributed by atoms with E-state index in [1.807, 2.05) is 23.1 Å². The Hall–Kier alpha value is -4.24. The summed E-state index contributed by atoms with van der Waals surface area (Å²) in [6.07, 6.45) is 9.90. The smallest absolute Gasteiger partial charge is 0.306 e. The fourth-order valence-electron chi connectivity index (χ4n) is 4.74. The predicted octanol–water partition coefficient (Wildman–Crippen LogP) is 4.27. The zero-order valence-corrected chi connectivity index (χ0v) is 21.1. The monoisotopic (exact) mass is 514 g/mol. The quantitative estimate of drug-likeness (QED) is 0.325. The largest absolute Gasteiger partial charge is 0.432 e. The van der Waals surface area contributed by atoms with Gasteiger partial charge in [0.2, 0.25) is 5.91 Å². The van der Waals surface area contributed by atoms with Crippen molar-refractivity contribution in [3.05, 3.63) is 90.2 Å². The van der Waals surface area contributed by atoms with Crippen LogP contribution >= 0.6 is 0 Å². The predicted molar refractivity (Wildman–Crippen MR) is 146 cm³/mol. The molecular weight excluding hydrogens is 483 g/mol. The van der Waals surface area contributed by atoms with E-state index in [-0.39, 0.29) is 17.8 Å². The molecule has 3 N–H and O–H groups in total. The zero-order valence-electron chi connectivity index (χ0n) is 21.1. The molecule has 4 aromatic rings. The molecule has 9 heteroatoms. The number of nitrogens with two attached hydrogens (primary N) is 1. The van der Waals surface area contributed by atoms with Crippen molar-refractivity contribution in [1.82, 2.24) is 19.6 Å². The number of aryl methyl sites for hydroxylation is 1. The second kappa shape index (κ2) is 11.9. The van der Waals surface area contributed by atoms with Gasteiger partial charge in [-0.05, 0) is 55.2 Å². The molecule has 0 unspecified atom stereocenters. The van der Waals surface area contributed by atoms with Crippen molar-refractivity contribution in [3.8, 4) is 11.3 Å². The molecule has 0 radical (unpaired) electrons. The summed E-state index contributed by atoms with van der Waals surface area (Å²) in [7, 11) is 0. The molecule has 1 aliphatic rings. The van der Waals surface area contributed by atoms with Crippen LogP contribution in [0.15, 0.2) is 82.5 Å². The highest BCUT2D eigenvalue weighted by molar-refractivity contribution is 5.87. The van der Waals surface area contributed by atoms with Crippen molar-refractivity contribution in [2.24, 2.45) is 10.7 Å². The van der Waals surface area contributed by atoms with Gasteiger partial charge in [-0.3, -0.25) is 19.5 Å². The van der Waals surface area contributed by atoms with E-state index < -0.39 is 0 Å². The van der Waals surface area contributed by atoms with Crippen LogP contribution < -0.4 is 11.1 Å². The Morgan fingerprint density at radius 1 is 1.21 bits per heavy atom. The molecule has 1 amide bonds. The number of imidazole rings is 1. The van der Waals surface area contributed by atoms with Crippen molar-refractivity contribution >= 4 is 23.7 Å². The third-order valence-corrected chi connectivity index (χ3v) is 6.73. The highest BCUT2D eigenvalue weighted by Crippen LogP contribution is 2.28. The minimum atomic E-state index is -0.320. The van der Waals surface area contributed by atoms with Crippen LogP contribution in [0.2, 0.25) is 0 Å². The number of rotatable bonds is 9. The summed E-state index contributed by atoms with van der Waals surface area (Å²) in [6.45, 7) is 1.91. The third kappa shape index (κ3) is 6.00. The van der Waals surface area contributed by atoms with Crippen LogP contribution in [0, 0.1) is 5.82 Å². The van der Waals surface area contributed by atoms with Gasteiger partial charge in [0.05, 0.1) is 18.1 Å². The normalized spacial score (nSPS) is 16.5. The van der Waals surface area contributed by atoms with Crippen LogP contribution in [-0.4, -0.2) is 52.2 Å². The van der Waals surface area contributed by atoms with Crippen molar-refractivity contribution in [1.29, 1.82) is 0 Å². The van der Waals surface area contributed by atoms with Gasteiger partial charge in [0.1, 0.15) is 17.8 Å². The molecule has 0 bridgehead atoms. The Morgan fingerprint density at radius 3 is 2.84 bits per heavy atom. The second-order valence-electron chi connectivity index (χ2n) is 9.35. The van der Waals surface area contributed by atoms with Gasteiger partial charge in [-0.2, -0.15) is 4.98 Å². The lowest BCUT2D eigenvalue weighted by atomic mass is 10.0. The number of nitrogens with zero attached hydrogens (tertiary/aromatic N) is 4. The maximum Gasteiger partial charge on any atom is 0.306 e. The Kier molecular flexibility index (Phi) is 7.94. The maximum atomic E-state index is 13.4. The number of carbonyl (C=O) groups is 1. The molecule has 5 rings (SSSR count). The maximum absolute atomic E-state index is 13.4. The van der Waals surface area contributed by atoms with Gasteiger partial charge in [0.15, 0.2) is 0 Å². The van der Waals surface area contributed by atoms with E-state index in [0.717, 1.165) is 31.4 Å². The zero-order chi connectivity index (χ0) is 26.3. The van der Waals surface area contributed by atoms with E-state index in [0.29, 0.717) is 42.6 Å². The first-order valence-corrected chi connectivity index (χ1v) is 12.8. The van der Waals surface area contributed by atoms with E-state index >= 15 is 0 Å². The van der Waals surface area contributed by atoms with Crippen molar-refractivity contribution in [2.45, 2.75) is 31.7 Å². The number of benzene rings is 2. The van der Waals surface area contributed by atoms with Crippen LogP contribution in [0.3, 0.4) is 0 Å². The minimum Gasteiger partial charge on any atom is -0.432 e. The van der Waals surface area contributed by atoms with Crippen molar-refractivity contribution in [2.75, 3.05) is 19.8 Å². The molecule has 1 aliphatic heterocycles. The Balaban J connectivity index is 1.16. The van der Waals surface area contributed by atoms with Gasteiger partial charge < -0.3 is 15.1 Å². The minimum absolute atomic E-state index is 0.197. The topological polar surface area (TPSA) is 101 Å². The lowest BCUT2D eigenvalue weighted by Gasteiger charge is -2.33. The van der Waals surface area contributed by atoms with Crippen molar-refractivity contribution in [3.63, 3.8) is 0 Å². The molecule has 196 valence electrons. The summed E-state index contributed by atoms with van der Waals surface area (Å²) < 4.78 is 20.6. The molecule has 38 heavy (non-hydrogen) atoms. The molecule has 8 nitrogen and oxygen atoms in total. The number of hydrogen-bond acceptors (Lipinski definition) is 6. The summed E-state index contributed by atoms with van der Waals surface area (Å²) >= 11 is 0. The number of piperidine rings is 1. The van der Waals surface area contributed by atoms with E-state index in [1.54, 1.807) is 35.0 Å². The van der Waals surface area contributed by atoms with Gasteiger partial charge in [-0.25, -0.2) is 4.39 Å². The lowest BCUT2D eigenvalue weighted by Crippen LogP contribution is -2.48. The molecule has 1 fully saturated rings. The number of allylic oxidation sites excluding steroid dienone is 1. The van der Waals surface area contributed by atoms with Crippen LogP contribution in [0.4, 0.5) is 4.39 Å². The summed E-state index contributed by atoms with van der Waals surface area (Å²) in [5.74, 6) is 0.274. The van der Waals surface area contributed by atoms with Crippen LogP contribution in [0.5, 0.6) is 0 Å². The third-order valence-electron chi connectivity index (χ3n) is 6.73. The van der Waals surface area contributed by atoms with Gasteiger partial charge in [-0.1, -0.05) is 30.3 Å². The summed E-state index contributed by atoms with van der Waals surface area (Å²) in [5.41, 5.74) is 10.0. The number of fused-ring (bicyclic) bond motifs is 1. The van der Waals surface area contributed by atoms with E-state index in [9.17, 15) is 9.18 Å². The summed E-state index contributed by atoms with van der Waals surface area (Å²) in [4.78, 5) is 23.6. The fourth-order valence-corrected chi connectivity index (χ4v) is 4.74. The average molecular weight is 515 g/mol. The van der Waals surface area contributed by atoms with Crippen LogP contribution in [-0.2, 0) is 11.2 Å². The standard InChI is InChI=1S/C29H31FN6O2/c30-23-11-9-22(10-12-23)27-28(36-17-18-38-29(36)34-27)25(31)14-15-32-20-33-24-7-4-16-35(19-24)26(37)13-8-21-5-2-1-3-6-21/h1-3,5-6,9-12,14-15,17-18,24,33H,4,7-8,13,16,19-20,31H2/b25-14-,32-15-/t24-/m1/s1. The van der Waals surface area contributed by atoms with E-state index in [4.69, 9.17) is 10.2 Å². The van der Waals surface area contributed by atoms with E-state index in [1.165, 1.54) is 24.0 Å². The van der Waals surface area contributed by atoms with Crippen LogP contribution in [0.1, 0.15) is 30.5 Å². The fraction of sp³-hybridized carbons (Fsp3) is 0.276.